The van der Waals surface area contributed by atoms with Gasteiger partial charge in [-0.2, -0.15) is 0 Å². The van der Waals surface area contributed by atoms with Gasteiger partial charge in [0.05, 0.1) is 17.2 Å². The summed E-state index contributed by atoms with van der Waals surface area (Å²) >= 11 is 1.28. The first-order chi connectivity index (χ1) is 10.6. The molecule has 0 unspecified atom stereocenters. The average Bonchev–Trinajstić information content (AvgIpc) is 2.93. The fourth-order valence-electron chi connectivity index (χ4n) is 1.56. The van der Waals surface area contributed by atoms with E-state index in [0.29, 0.717) is 17.4 Å². The maximum absolute atomic E-state index is 11.2. The molecule has 0 aliphatic rings. The third-order valence-corrected chi connectivity index (χ3v) is 3.33. The van der Waals surface area contributed by atoms with E-state index in [1.807, 2.05) is 0 Å². The molecule has 0 saturated carbocycles. The minimum Gasteiger partial charge on any atom is -0.450 e. The summed E-state index contributed by atoms with van der Waals surface area (Å²) in [6.45, 7) is 2.02. The van der Waals surface area contributed by atoms with Crippen LogP contribution in [0.25, 0.3) is 12.2 Å². The minimum atomic E-state index is -0.539. The highest BCUT2D eigenvalue weighted by molar-refractivity contribution is 7.14. The topological polar surface area (TPSA) is 94.4 Å². The standard InChI is InChI=1S/C14H13N3O4S/c1-2-21-14(18)16-13-15-11(9-22-13)6-3-10-4-7-12(8-5-10)17(19)20/h3-9H,2H2,1H3,(H,15,16,18)/b6-3+. The second-order valence-electron chi connectivity index (χ2n) is 4.10. The summed E-state index contributed by atoms with van der Waals surface area (Å²) in [5.74, 6) is 0. The van der Waals surface area contributed by atoms with E-state index in [1.165, 1.54) is 23.5 Å². The lowest BCUT2D eigenvalue weighted by Gasteiger charge is -1.99. The number of carbonyl (C=O) groups excluding carboxylic acids is 1. The largest absolute Gasteiger partial charge is 0.450 e. The van der Waals surface area contributed by atoms with Gasteiger partial charge in [-0.15, -0.1) is 11.3 Å². The van der Waals surface area contributed by atoms with Gasteiger partial charge in [-0.25, -0.2) is 9.78 Å². The highest BCUT2D eigenvalue weighted by Crippen LogP contribution is 2.18. The van der Waals surface area contributed by atoms with Crippen molar-refractivity contribution in [3.63, 3.8) is 0 Å². The minimum absolute atomic E-state index is 0.0479. The Morgan fingerprint density at radius 3 is 2.77 bits per heavy atom. The average molecular weight is 319 g/mol. The van der Waals surface area contributed by atoms with Crippen LogP contribution in [0.3, 0.4) is 0 Å². The van der Waals surface area contributed by atoms with E-state index >= 15 is 0 Å². The van der Waals surface area contributed by atoms with Crippen LogP contribution in [-0.2, 0) is 4.74 Å². The molecule has 0 atom stereocenters. The van der Waals surface area contributed by atoms with Crippen LogP contribution < -0.4 is 5.32 Å². The molecular formula is C14H13N3O4S. The predicted molar refractivity (Wildman–Crippen MR) is 84.8 cm³/mol. The maximum Gasteiger partial charge on any atom is 0.413 e. The van der Waals surface area contributed by atoms with Gasteiger partial charge in [0.15, 0.2) is 5.13 Å². The van der Waals surface area contributed by atoms with Gasteiger partial charge in [0, 0.05) is 17.5 Å². The molecule has 1 heterocycles. The number of nitro groups is 1. The summed E-state index contributed by atoms with van der Waals surface area (Å²) < 4.78 is 4.76. The lowest BCUT2D eigenvalue weighted by molar-refractivity contribution is -0.384. The Hall–Kier alpha value is -2.74. The molecule has 2 aromatic rings. The van der Waals surface area contributed by atoms with Crippen molar-refractivity contribution in [1.82, 2.24) is 4.98 Å². The molecule has 2 rings (SSSR count). The molecule has 0 radical (unpaired) electrons. The molecule has 0 fully saturated rings. The number of carbonyl (C=O) groups is 1. The Labute approximate surface area is 130 Å². The fourth-order valence-corrected chi connectivity index (χ4v) is 2.23. The Kier molecular flexibility index (Phi) is 5.21. The van der Waals surface area contributed by atoms with Crippen molar-refractivity contribution in [1.29, 1.82) is 0 Å². The Morgan fingerprint density at radius 2 is 2.14 bits per heavy atom. The Morgan fingerprint density at radius 1 is 1.41 bits per heavy atom. The first-order valence-electron chi connectivity index (χ1n) is 6.40. The second-order valence-corrected chi connectivity index (χ2v) is 4.96. The van der Waals surface area contributed by atoms with Crippen molar-refractivity contribution in [3.05, 3.63) is 51.0 Å². The van der Waals surface area contributed by atoms with Crippen LogP contribution in [-0.4, -0.2) is 22.6 Å². The molecule has 1 aromatic carbocycles. The number of ether oxygens (including phenoxy) is 1. The van der Waals surface area contributed by atoms with E-state index in [1.54, 1.807) is 36.6 Å². The van der Waals surface area contributed by atoms with Gasteiger partial charge in [-0.1, -0.05) is 6.08 Å². The molecule has 1 aromatic heterocycles. The van der Waals surface area contributed by atoms with Gasteiger partial charge >= 0.3 is 6.09 Å². The SMILES string of the molecule is CCOC(=O)Nc1nc(/C=C/c2ccc([N+](=O)[O-])cc2)cs1. The monoisotopic (exact) mass is 319 g/mol. The molecule has 114 valence electrons. The molecule has 0 aliphatic heterocycles. The Balaban J connectivity index is 2.00. The van der Waals surface area contributed by atoms with Crippen molar-refractivity contribution >= 4 is 40.4 Å². The molecule has 0 spiro atoms. The molecule has 0 bridgehead atoms. The van der Waals surface area contributed by atoms with E-state index in [-0.39, 0.29) is 5.69 Å². The number of nitrogens with one attached hydrogen (secondary N) is 1. The van der Waals surface area contributed by atoms with Crippen LogP contribution in [0.1, 0.15) is 18.2 Å². The molecule has 7 nitrogen and oxygen atoms in total. The van der Waals surface area contributed by atoms with Crippen LogP contribution in [0.2, 0.25) is 0 Å². The van der Waals surface area contributed by atoms with Crippen molar-refractivity contribution in [2.24, 2.45) is 0 Å². The summed E-state index contributed by atoms with van der Waals surface area (Å²) in [5.41, 5.74) is 1.54. The van der Waals surface area contributed by atoms with Gasteiger partial charge < -0.3 is 4.74 Å². The first-order valence-corrected chi connectivity index (χ1v) is 7.28. The zero-order valence-corrected chi connectivity index (χ0v) is 12.5. The van der Waals surface area contributed by atoms with Gasteiger partial charge in [0.2, 0.25) is 0 Å². The zero-order valence-electron chi connectivity index (χ0n) is 11.7. The van der Waals surface area contributed by atoms with Crippen molar-refractivity contribution < 1.29 is 14.5 Å². The third-order valence-electron chi connectivity index (χ3n) is 2.56. The van der Waals surface area contributed by atoms with E-state index in [9.17, 15) is 14.9 Å². The number of nitro benzene ring substituents is 1. The molecule has 1 amide bonds. The summed E-state index contributed by atoms with van der Waals surface area (Å²) in [4.78, 5) is 25.6. The quantitative estimate of drug-likeness (QED) is 0.668. The fraction of sp³-hybridized carbons (Fsp3) is 0.143. The van der Waals surface area contributed by atoms with Crippen LogP contribution in [0.4, 0.5) is 15.6 Å². The van der Waals surface area contributed by atoms with Crippen LogP contribution in [0.5, 0.6) is 0 Å². The number of anilines is 1. The summed E-state index contributed by atoms with van der Waals surface area (Å²) in [6.07, 6.45) is 3.00. The maximum atomic E-state index is 11.2. The van der Waals surface area contributed by atoms with E-state index in [2.05, 4.69) is 10.3 Å². The lowest BCUT2D eigenvalue weighted by atomic mass is 10.2. The molecule has 0 aliphatic carbocycles. The highest BCUT2D eigenvalue weighted by Gasteiger charge is 2.05. The molecule has 1 N–H and O–H groups in total. The summed E-state index contributed by atoms with van der Waals surface area (Å²) in [7, 11) is 0. The lowest BCUT2D eigenvalue weighted by Crippen LogP contribution is -2.12. The van der Waals surface area contributed by atoms with Crippen molar-refractivity contribution in [2.75, 3.05) is 11.9 Å². The van der Waals surface area contributed by atoms with Gasteiger partial charge in [0.25, 0.3) is 5.69 Å². The Bertz CT molecular complexity index is 694. The number of non-ortho nitro benzene ring substituents is 1. The normalized spacial score (nSPS) is 10.6. The van der Waals surface area contributed by atoms with Crippen molar-refractivity contribution in [2.45, 2.75) is 6.92 Å². The number of hydrogen-bond acceptors (Lipinski definition) is 6. The highest BCUT2D eigenvalue weighted by atomic mass is 32.1. The van der Waals surface area contributed by atoms with E-state index in [0.717, 1.165) is 5.56 Å². The number of nitrogens with zero attached hydrogens (tertiary/aromatic N) is 2. The number of thiazole rings is 1. The predicted octanol–water partition coefficient (Wildman–Crippen LogP) is 3.79. The van der Waals surface area contributed by atoms with Gasteiger partial charge in [-0.3, -0.25) is 15.4 Å². The number of aromatic nitrogens is 1. The van der Waals surface area contributed by atoms with E-state index < -0.39 is 11.0 Å². The second kappa shape index (κ2) is 7.32. The van der Waals surface area contributed by atoms with Crippen molar-refractivity contribution in [3.8, 4) is 0 Å². The number of rotatable bonds is 5. The molecule has 22 heavy (non-hydrogen) atoms. The molecular weight excluding hydrogens is 306 g/mol. The number of amides is 1. The summed E-state index contributed by atoms with van der Waals surface area (Å²) in [6, 6.07) is 6.18. The first kappa shape index (κ1) is 15.6. The zero-order chi connectivity index (χ0) is 15.9. The van der Waals surface area contributed by atoms with Crippen LogP contribution >= 0.6 is 11.3 Å². The third kappa shape index (κ3) is 4.38. The van der Waals surface area contributed by atoms with E-state index in [4.69, 9.17) is 4.74 Å². The molecule has 8 heteroatoms. The number of hydrogen-bond donors (Lipinski definition) is 1. The van der Waals surface area contributed by atoms with Gasteiger partial charge in [0.1, 0.15) is 0 Å². The van der Waals surface area contributed by atoms with Gasteiger partial charge in [-0.05, 0) is 30.7 Å². The smallest absolute Gasteiger partial charge is 0.413 e. The summed E-state index contributed by atoms with van der Waals surface area (Å²) in [5, 5.41) is 15.3. The van der Waals surface area contributed by atoms with Crippen LogP contribution in [0.15, 0.2) is 29.6 Å². The number of benzene rings is 1. The molecule has 0 saturated heterocycles. The van der Waals surface area contributed by atoms with Crippen LogP contribution in [0, 0.1) is 10.1 Å².